The van der Waals surface area contributed by atoms with Crippen LogP contribution in [0.3, 0.4) is 0 Å². The molecule has 0 spiro atoms. The predicted octanol–water partition coefficient (Wildman–Crippen LogP) is 4.85. The lowest BCUT2D eigenvalue weighted by atomic mass is 10.1. The van der Waals surface area contributed by atoms with Crippen molar-refractivity contribution < 1.29 is 9.59 Å². The van der Waals surface area contributed by atoms with Crippen molar-refractivity contribution in [2.75, 3.05) is 23.3 Å². The first kappa shape index (κ1) is 21.9. The Kier molecular flexibility index (Phi) is 5.80. The molecular weight excluding hydrogens is 456 g/mol. The van der Waals surface area contributed by atoms with Crippen LogP contribution in [0.1, 0.15) is 22.6 Å². The summed E-state index contributed by atoms with van der Waals surface area (Å²) in [4.78, 5) is 36.0. The van der Waals surface area contributed by atoms with Gasteiger partial charge in [0.05, 0.1) is 17.3 Å². The predicted molar refractivity (Wildman–Crippen MR) is 139 cm³/mol. The number of nitrogens with one attached hydrogen (secondary N) is 1. The van der Waals surface area contributed by atoms with Crippen LogP contribution in [0.4, 0.5) is 10.8 Å². The average molecular weight is 483 g/mol. The van der Waals surface area contributed by atoms with E-state index in [0.29, 0.717) is 11.7 Å². The Labute approximate surface area is 208 Å². The summed E-state index contributed by atoms with van der Waals surface area (Å²) in [5.74, 6) is -0.540. The first-order valence-corrected chi connectivity index (χ1v) is 12.8. The first-order valence-electron chi connectivity index (χ1n) is 12.0. The molecule has 3 aromatic carbocycles. The van der Waals surface area contributed by atoms with Gasteiger partial charge in [0.25, 0.3) is 0 Å². The smallest absolute Gasteiger partial charge is 0.231 e. The molecule has 1 atom stereocenters. The summed E-state index contributed by atoms with van der Waals surface area (Å²) in [6.07, 6.45) is 1.09. The fourth-order valence-electron chi connectivity index (χ4n) is 5.05. The molecule has 0 aliphatic carbocycles. The minimum atomic E-state index is -0.392. The second-order valence-electron chi connectivity index (χ2n) is 9.23. The lowest BCUT2D eigenvalue weighted by Gasteiger charge is -2.25. The number of nitrogens with zero attached hydrogens (tertiary/aromatic N) is 3. The number of hydrogen-bond donors (Lipinski definition) is 1. The van der Waals surface area contributed by atoms with Crippen molar-refractivity contribution in [3.63, 3.8) is 0 Å². The second kappa shape index (κ2) is 9.24. The van der Waals surface area contributed by atoms with Gasteiger partial charge < -0.3 is 10.2 Å². The van der Waals surface area contributed by atoms with E-state index in [1.54, 1.807) is 16.2 Å². The fraction of sp³-hybridized carbons (Fsp3) is 0.250. The zero-order valence-electron chi connectivity index (χ0n) is 19.3. The zero-order valence-corrected chi connectivity index (χ0v) is 20.1. The van der Waals surface area contributed by atoms with E-state index in [0.717, 1.165) is 48.2 Å². The summed E-state index contributed by atoms with van der Waals surface area (Å²) in [5, 5.41) is 5.75. The van der Waals surface area contributed by atoms with Gasteiger partial charge in [-0.05, 0) is 17.0 Å². The number of hydrogen-bond acceptors (Lipinski definition) is 5. The molecule has 176 valence electrons. The summed E-state index contributed by atoms with van der Waals surface area (Å²) in [6.45, 7) is 3.09. The largest absolute Gasteiger partial charge is 0.311 e. The summed E-state index contributed by atoms with van der Waals surface area (Å²) in [6, 6.07) is 24.4. The molecule has 1 N–H and O–H groups in total. The Balaban J connectivity index is 1.12. The van der Waals surface area contributed by atoms with Crippen LogP contribution in [0.2, 0.25) is 0 Å². The quantitative estimate of drug-likeness (QED) is 0.442. The second-order valence-corrected chi connectivity index (χ2v) is 10.3. The van der Waals surface area contributed by atoms with Crippen LogP contribution in [0, 0.1) is 5.92 Å². The normalized spacial score (nSPS) is 18.1. The molecule has 6 rings (SSSR count). The van der Waals surface area contributed by atoms with E-state index in [9.17, 15) is 9.59 Å². The third kappa shape index (κ3) is 4.45. The maximum Gasteiger partial charge on any atom is 0.231 e. The Morgan fingerprint density at radius 3 is 2.71 bits per heavy atom. The number of carbonyl (C=O) groups excluding carboxylic acids is 2. The summed E-state index contributed by atoms with van der Waals surface area (Å²) in [7, 11) is 0. The molecule has 2 aliphatic heterocycles. The molecule has 6 nitrogen and oxygen atoms in total. The lowest BCUT2D eigenvalue weighted by Crippen LogP contribution is -2.29. The van der Waals surface area contributed by atoms with Crippen molar-refractivity contribution in [3.8, 4) is 0 Å². The van der Waals surface area contributed by atoms with E-state index in [-0.39, 0.29) is 18.2 Å². The van der Waals surface area contributed by atoms with Crippen molar-refractivity contribution in [3.05, 3.63) is 88.9 Å². The van der Waals surface area contributed by atoms with Crippen LogP contribution < -0.4 is 10.2 Å². The van der Waals surface area contributed by atoms with E-state index >= 15 is 0 Å². The molecule has 0 bridgehead atoms. The topological polar surface area (TPSA) is 65.5 Å². The number of amides is 2. The summed E-state index contributed by atoms with van der Waals surface area (Å²) < 4.78 is 0. The van der Waals surface area contributed by atoms with Gasteiger partial charge in [0.2, 0.25) is 11.8 Å². The molecule has 0 saturated carbocycles. The highest BCUT2D eigenvalue weighted by atomic mass is 32.1. The molecule has 2 aliphatic rings. The molecule has 1 aromatic heterocycles. The van der Waals surface area contributed by atoms with Crippen molar-refractivity contribution >= 4 is 44.7 Å². The molecule has 1 fully saturated rings. The van der Waals surface area contributed by atoms with Gasteiger partial charge in [0.15, 0.2) is 5.13 Å². The minimum absolute atomic E-state index is 0.0171. The maximum atomic E-state index is 13.1. The molecule has 3 heterocycles. The molecule has 0 radical (unpaired) electrons. The van der Waals surface area contributed by atoms with Crippen LogP contribution >= 0.6 is 11.3 Å². The zero-order chi connectivity index (χ0) is 23.8. The van der Waals surface area contributed by atoms with Crippen LogP contribution in [0.25, 0.3) is 10.8 Å². The number of thiazole rings is 1. The fourth-order valence-corrected chi connectivity index (χ4v) is 6.10. The SMILES string of the molecule is O=C(Nc1nc2c(s1)CN(Cc1ccccc1)CC2)[C@@H]1CC(=O)N(c2cccc3ccccc23)C1. The summed E-state index contributed by atoms with van der Waals surface area (Å²) >= 11 is 1.55. The average Bonchev–Trinajstić information content (AvgIpc) is 3.46. The number of benzene rings is 3. The highest BCUT2D eigenvalue weighted by Gasteiger charge is 2.36. The molecule has 4 aromatic rings. The molecule has 0 unspecified atom stereocenters. The van der Waals surface area contributed by atoms with Crippen molar-refractivity contribution in [1.29, 1.82) is 0 Å². The number of rotatable bonds is 5. The standard InChI is InChI=1S/C28H26N4O2S/c33-26-15-21(17-32(26)24-12-6-10-20-9-4-5-11-22(20)24)27(34)30-28-29-23-13-14-31(18-25(23)35-28)16-19-7-2-1-3-8-19/h1-12,21H,13-18H2,(H,29,30,34)/t21-/m1/s1. The monoisotopic (exact) mass is 482 g/mol. The Hall–Kier alpha value is -3.55. The van der Waals surface area contributed by atoms with Gasteiger partial charge in [-0.1, -0.05) is 66.7 Å². The lowest BCUT2D eigenvalue weighted by molar-refractivity contribution is -0.122. The molecular formula is C28H26N4O2S. The van der Waals surface area contributed by atoms with Crippen molar-refractivity contribution in [2.45, 2.75) is 25.9 Å². The third-order valence-corrected chi connectivity index (χ3v) is 7.84. The maximum absolute atomic E-state index is 13.1. The van der Waals surface area contributed by atoms with Gasteiger partial charge in [-0.3, -0.25) is 14.5 Å². The molecule has 2 amide bonds. The number of aromatic nitrogens is 1. The van der Waals surface area contributed by atoms with E-state index in [1.807, 2.05) is 48.5 Å². The Morgan fingerprint density at radius 1 is 1.03 bits per heavy atom. The van der Waals surface area contributed by atoms with Gasteiger partial charge in [0, 0.05) is 49.3 Å². The highest BCUT2D eigenvalue weighted by Crippen LogP contribution is 2.33. The van der Waals surface area contributed by atoms with E-state index in [4.69, 9.17) is 4.98 Å². The summed E-state index contributed by atoms with van der Waals surface area (Å²) in [5.41, 5.74) is 3.25. The van der Waals surface area contributed by atoms with Crippen LogP contribution in [0.15, 0.2) is 72.8 Å². The number of carbonyl (C=O) groups is 2. The van der Waals surface area contributed by atoms with Gasteiger partial charge in [0.1, 0.15) is 0 Å². The van der Waals surface area contributed by atoms with Crippen LogP contribution in [0.5, 0.6) is 0 Å². The Bertz CT molecular complexity index is 1400. The van der Waals surface area contributed by atoms with E-state index in [2.05, 4.69) is 34.5 Å². The molecule has 7 heteroatoms. The highest BCUT2D eigenvalue weighted by molar-refractivity contribution is 7.15. The molecule has 35 heavy (non-hydrogen) atoms. The minimum Gasteiger partial charge on any atom is -0.311 e. The van der Waals surface area contributed by atoms with Crippen molar-refractivity contribution in [2.24, 2.45) is 5.92 Å². The Morgan fingerprint density at radius 2 is 1.83 bits per heavy atom. The molecule has 1 saturated heterocycles. The third-order valence-electron chi connectivity index (χ3n) is 6.84. The van der Waals surface area contributed by atoms with Crippen LogP contribution in [-0.4, -0.2) is 34.8 Å². The number of anilines is 2. The van der Waals surface area contributed by atoms with Gasteiger partial charge in [-0.25, -0.2) is 4.98 Å². The van der Waals surface area contributed by atoms with E-state index < -0.39 is 5.92 Å². The van der Waals surface area contributed by atoms with Crippen LogP contribution in [-0.2, 0) is 29.1 Å². The van der Waals surface area contributed by atoms with Crippen molar-refractivity contribution in [1.82, 2.24) is 9.88 Å². The van der Waals surface area contributed by atoms with Gasteiger partial charge in [-0.2, -0.15) is 0 Å². The van der Waals surface area contributed by atoms with Gasteiger partial charge in [-0.15, -0.1) is 11.3 Å². The first-order chi connectivity index (χ1) is 17.1. The number of fused-ring (bicyclic) bond motifs is 2. The van der Waals surface area contributed by atoms with E-state index in [1.165, 1.54) is 10.4 Å². The van der Waals surface area contributed by atoms with Gasteiger partial charge >= 0.3 is 0 Å².